The molecule has 0 unspecified atom stereocenters. The smallest absolute Gasteiger partial charge is 0.346 e. The molecule has 1 aromatic heterocycles. The summed E-state index contributed by atoms with van der Waals surface area (Å²) in [5.41, 5.74) is -0.369. The minimum atomic E-state index is -0.963. The molecule has 1 aromatic carbocycles. The van der Waals surface area contributed by atoms with Crippen molar-refractivity contribution in [1.29, 1.82) is 0 Å². The van der Waals surface area contributed by atoms with Crippen LogP contribution in [0, 0.1) is 15.9 Å². The van der Waals surface area contributed by atoms with E-state index in [9.17, 15) is 14.5 Å². The predicted octanol–water partition coefficient (Wildman–Crippen LogP) is 1.86. The van der Waals surface area contributed by atoms with E-state index in [-0.39, 0.29) is 17.5 Å². The Labute approximate surface area is 106 Å². The SMILES string of the molecule is O=[N+]([O-])c1c(F)cc(-n2nccn2)cc1OC1CC1. The molecule has 1 saturated carbocycles. The highest BCUT2D eigenvalue weighted by Crippen LogP contribution is 2.36. The van der Waals surface area contributed by atoms with Gasteiger partial charge in [-0.05, 0) is 12.8 Å². The maximum atomic E-state index is 13.8. The third-order valence-electron chi connectivity index (χ3n) is 2.66. The first kappa shape index (κ1) is 11.6. The first-order valence-electron chi connectivity index (χ1n) is 5.66. The molecule has 1 fully saturated rings. The molecule has 8 heteroatoms. The van der Waals surface area contributed by atoms with Crippen molar-refractivity contribution in [3.05, 3.63) is 40.5 Å². The molecule has 0 bridgehead atoms. The zero-order chi connectivity index (χ0) is 13.4. The molecule has 1 aliphatic rings. The van der Waals surface area contributed by atoms with Gasteiger partial charge in [-0.1, -0.05) is 0 Å². The van der Waals surface area contributed by atoms with Gasteiger partial charge in [-0.15, -0.1) is 0 Å². The van der Waals surface area contributed by atoms with E-state index in [2.05, 4.69) is 10.2 Å². The molecule has 19 heavy (non-hydrogen) atoms. The van der Waals surface area contributed by atoms with Gasteiger partial charge in [0.25, 0.3) is 0 Å². The van der Waals surface area contributed by atoms with Crippen LogP contribution in [0.15, 0.2) is 24.5 Å². The minimum absolute atomic E-state index is 0.0704. The molecule has 3 rings (SSSR count). The number of rotatable bonds is 4. The molecule has 1 aliphatic carbocycles. The van der Waals surface area contributed by atoms with E-state index in [1.807, 2.05) is 0 Å². The largest absolute Gasteiger partial charge is 0.483 e. The highest BCUT2D eigenvalue weighted by Gasteiger charge is 2.30. The van der Waals surface area contributed by atoms with Crippen LogP contribution in [-0.4, -0.2) is 26.0 Å². The van der Waals surface area contributed by atoms with Gasteiger partial charge in [0.2, 0.25) is 11.6 Å². The van der Waals surface area contributed by atoms with Gasteiger partial charge in [0, 0.05) is 12.1 Å². The number of nitro benzene ring substituents is 1. The van der Waals surface area contributed by atoms with Gasteiger partial charge in [0.1, 0.15) is 0 Å². The van der Waals surface area contributed by atoms with E-state index in [0.717, 1.165) is 18.9 Å². The fraction of sp³-hybridized carbons (Fsp3) is 0.273. The quantitative estimate of drug-likeness (QED) is 0.621. The van der Waals surface area contributed by atoms with Crippen LogP contribution >= 0.6 is 0 Å². The standard InChI is InChI=1S/C11H9FN4O3/c12-9-5-7(15-13-3-4-14-15)6-10(11(9)16(17)18)19-8-1-2-8/h3-6,8H,1-2H2. The van der Waals surface area contributed by atoms with Crippen molar-refractivity contribution in [2.75, 3.05) is 0 Å². The molecule has 0 atom stereocenters. The Bertz CT molecular complexity index is 625. The average molecular weight is 264 g/mol. The number of nitro groups is 1. The van der Waals surface area contributed by atoms with Gasteiger partial charge >= 0.3 is 5.69 Å². The van der Waals surface area contributed by atoms with Crippen LogP contribution in [0.5, 0.6) is 5.75 Å². The maximum absolute atomic E-state index is 13.8. The lowest BCUT2D eigenvalue weighted by atomic mass is 10.2. The third-order valence-corrected chi connectivity index (χ3v) is 2.66. The van der Waals surface area contributed by atoms with E-state index in [0.29, 0.717) is 0 Å². The number of nitrogens with zero attached hydrogens (tertiary/aromatic N) is 4. The Morgan fingerprint density at radius 2 is 2.05 bits per heavy atom. The Kier molecular flexibility index (Phi) is 2.62. The number of ether oxygens (including phenoxy) is 1. The molecular weight excluding hydrogens is 255 g/mol. The molecular formula is C11H9FN4O3. The zero-order valence-corrected chi connectivity index (χ0v) is 9.69. The lowest BCUT2D eigenvalue weighted by Crippen LogP contribution is -2.06. The maximum Gasteiger partial charge on any atom is 0.346 e. The summed E-state index contributed by atoms with van der Waals surface area (Å²) in [5, 5.41) is 18.6. The Morgan fingerprint density at radius 1 is 1.37 bits per heavy atom. The third kappa shape index (κ3) is 2.24. The predicted molar refractivity (Wildman–Crippen MR) is 61.6 cm³/mol. The van der Waals surface area contributed by atoms with Crippen LogP contribution in [0.1, 0.15) is 12.8 Å². The fourth-order valence-electron chi connectivity index (χ4n) is 1.66. The number of aromatic nitrogens is 3. The molecule has 98 valence electrons. The topological polar surface area (TPSA) is 83.1 Å². The van der Waals surface area contributed by atoms with E-state index in [4.69, 9.17) is 4.74 Å². The summed E-state index contributed by atoms with van der Waals surface area (Å²) in [6.45, 7) is 0. The monoisotopic (exact) mass is 264 g/mol. The lowest BCUT2D eigenvalue weighted by molar-refractivity contribution is -0.388. The lowest BCUT2D eigenvalue weighted by Gasteiger charge is -2.08. The van der Waals surface area contributed by atoms with Crippen molar-refractivity contribution in [2.24, 2.45) is 0 Å². The van der Waals surface area contributed by atoms with Crippen molar-refractivity contribution in [3.63, 3.8) is 0 Å². The first-order chi connectivity index (χ1) is 9.15. The van der Waals surface area contributed by atoms with Crippen molar-refractivity contribution >= 4 is 5.69 Å². The van der Waals surface area contributed by atoms with Crippen LogP contribution in [-0.2, 0) is 0 Å². The molecule has 0 amide bonds. The highest BCUT2D eigenvalue weighted by atomic mass is 19.1. The number of halogens is 1. The summed E-state index contributed by atoms with van der Waals surface area (Å²) in [6, 6.07) is 2.39. The number of hydrogen-bond acceptors (Lipinski definition) is 5. The summed E-state index contributed by atoms with van der Waals surface area (Å²) in [7, 11) is 0. The van der Waals surface area contributed by atoms with Crippen molar-refractivity contribution in [1.82, 2.24) is 15.0 Å². The van der Waals surface area contributed by atoms with E-state index < -0.39 is 16.4 Å². The van der Waals surface area contributed by atoms with E-state index >= 15 is 0 Å². The van der Waals surface area contributed by atoms with Gasteiger partial charge in [0.05, 0.1) is 29.1 Å². The molecule has 0 N–H and O–H groups in total. The zero-order valence-electron chi connectivity index (χ0n) is 9.69. The van der Waals surface area contributed by atoms with Crippen LogP contribution in [0.3, 0.4) is 0 Å². The van der Waals surface area contributed by atoms with E-state index in [1.165, 1.54) is 23.3 Å². The molecule has 7 nitrogen and oxygen atoms in total. The van der Waals surface area contributed by atoms with Crippen molar-refractivity contribution in [3.8, 4) is 11.4 Å². The van der Waals surface area contributed by atoms with E-state index in [1.54, 1.807) is 0 Å². The van der Waals surface area contributed by atoms with Crippen LogP contribution in [0.4, 0.5) is 10.1 Å². The molecule has 0 radical (unpaired) electrons. The Hall–Kier alpha value is -2.51. The van der Waals surface area contributed by atoms with Crippen LogP contribution in [0.25, 0.3) is 5.69 Å². The van der Waals surface area contributed by atoms with Gasteiger partial charge in [-0.3, -0.25) is 10.1 Å². The van der Waals surface area contributed by atoms with Gasteiger partial charge in [0.15, 0.2) is 0 Å². The molecule has 0 spiro atoms. The first-order valence-corrected chi connectivity index (χ1v) is 5.66. The fourth-order valence-corrected chi connectivity index (χ4v) is 1.66. The Balaban J connectivity index is 2.08. The van der Waals surface area contributed by atoms with Gasteiger partial charge < -0.3 is 4.74 Å². The molecule has 1 heterocycles. The number of benzene rings is 1. The van der Waals surface area contributed by atoms with Crippen molar-refractivity contribution < 1.29 is 14.1 Å². The van der Waals surface area contributed by atoms with Crippen LogP contribution < -0.4 is 4.74 Å². The van der Waals surface area contributed by atoms with Gasteiger partial charge in [-0.25, -0.2) is 0 Å². The normalized spacial score (nSPS) is 14.4. The summed E-state index contributed by atoms with van der Waals surface area (Å²) in [4.78, 5) is 11.3. The van der Waals surface area contributed by atoms with Crippen molar-refractivity contribution in [2.45, 2.75) is 18.9 Å². The summed E-state index contributed by atoms with van der Waals surface area (Å²) in [5.74, 6) is -1.05. The Morgan fingerprint density at radius 3 is 2.63 bits per heavy atom. The molecule has 2 aromatic rings. The second-order valence-electron chi connectivity index (χ2n) is 4.17. The average Bonchev–Trinajstić information content (AvgIpc) is 2.99. The van der Waals surface area contributed by atoms with Gasteiger partial charge in [-0.2, -0.15) is 19.4 Å². The summed E-state index contributed by atoms with van der Waals surface area (Å²) < 4.78 is 19.2. The molecule has 0 saturated heterocycles. The van der Waals surface area contributed by atoms with Crippen LogP contribution in [0.2, 0.25) is 0 Å². The summed E-state index contributed by atoms with van der Waals surface area (Å²) in [6.07, 6.45) is 4.44. The minimum Gasteiger partial charge on any atom is -0.483 e. The number of hydrogen-bond donors (Lipinski definition) is 0. The molecule has 0 aliphatic heterocycles. The second-order valence-corrected chi connectivity index (χ2v) is 4.17. The summed E-state index contributed by atoms with van der Waals surface area (Å²) >= 11 is 0. The highest BCUT2D eigenvalue weighted by molar-refractivity contribution is 5.54. The second kappa shape index (κ2) is 4.30.